The molecule has 1 atom stereocenters. The summed E-state index contributed by atoms with van der Waals surface area (Å²) in [5, 5.41) is -0.0234. The van der Waals surface area contributed by atoms with Crippen molar-refractivity contribution < 1.29 is 14.0 Å². The Balaban J connectivity index is 2.77. The van der Waals surface area contributed by atoms with Crippen LogP contribution < -0.4 is 4.90 Å². The fraction of sp³-hybridized carbons (Fsp3) is 0.478. The summed E-state index contributed by atoms with van der Waals surface area (Å²) in [7, 11) is 1.81. The van der Waals surface area contributed by atoms with Gasteiger partial charge in [0.05, 0.1) is 0 Å². The van der Waals surface area contributed by atoms with Gasteiger partial charge in [0.1, 0.15) is 0 Å². The second kappa shape index (κ2) is 9.37. The maximum absolute atomic E-state index is 12.6. The highest BCUT2D eigenvalue weighted by Gasteiger charge is 2.39. The minimum atomic E-state index is -2.12. The molecular weight excluding hydrogens is 366 g/mol. The van der Waals surface area contributed by atoms with E-state index < -0.39 is 8.32 Å². The third-order valence-electron chi connectivity index (χ3n) is 5.24. The average molecular weight is 402 g/mol. The van der Waals surface area contributed by atoms with Crippen LogP contribution in [0, 0.1) is 5.92 Å². The van der Waals surface area contributed by atoms with Crippen LogP contribution in [0.15, 0.2) is 48.1 Å². The lowest BCUT2D eigenvalue weighted by atomic mass is 9.97. The Morgan fingerprint density at radius 3 is 2.07 bits per heavy atom. The molecule has 0 saturated carbocycles. The van der Waals surface area contributed by atoms with Crippen molar-refractivity contribution in [2.24, 2.45) is 5.92 Å². The Morgan fingerprint density at radius 2 is 1.61 bits per heavy atom. The zero-order chi connectivity index (χ0) is 21.7. The van der Waals surface area contributed by atoms with Gasteiger partial charge in [0.15, 0.2) is 5.78 Å². The number of hydrogen-bond acceptors (Lipinski definition) is 4. The standard InChI is InChI=1S/C23H35NO3Si/c1-17(10-15-21(25)27-28(8,9)23(3,4)5)16-18(2)22(26)19-11-13-20(14-12-19)24(6)7/h10-16,18H,1-9H3/b15-10+,17-16+/t18-/m1/s1. The van der Waals surface area contributed by atoms with Crippen molar-refractivity contribution in [3.8, 4) is 0 Å². The van der Waals surface area contributed by atoms with E-state index in [0.29, 0.717) is 5.56 Å². The van der Waals surface area contributed by atoms with E-state index in [-0.39, 0.29) is 22.7 Å². The number of nitrogens with zero attached hydrogens (tertiary/aromatic N) is 1. The highest BCUT2D eigenvalue weighted by Crippen LogP contribution is 2.36. The van der Waals surface area contributed by atoms with E-state index >= 15 is 0 Å². The van der Waals surface area contributed by atoms with Crippen molar-refractivity contribution in [1.82, 2.24) is 0 Å². The average Bonchev–Trinajstić information content (AvgIpc) is 2.58. The van der Waals surface area contributed by atoms with Crippen LogP contribution >= 0.6 is 0 Å². The lowest BCUT2D eigenvalue weighted by Crippen LogP contribution is -2.42. The van der Waals surface area contributed by atoms with Crippen LogP contribution in [-0.2, 0) is 9.22 Å². The summed E-state index contributed by atoms with van der Waals surface area (Å²) in [5.41, 5.74) is 2.60. The molecule has 0 aliphatic heterocycles. The van der Waals surface area contributed by atoms with E-state index in [1.54, 1.807) is 6.08 Å². The molecule has 0 N–H and O–H groups in total. The molecule has 0 spiro atoms. The summed E-state index contributed by atoms with van der Waals surface area (Å²) in [4.78, 5) is 26.8. The van der Waals surface area contributed by atoms with Crippen LogP contribution in [0.2, 0.25) is 18.1 Å². The molecule has 0 aromatic heterocycles. The number of rotatable bonds is 7. The van der Waals surface area contributed by atoms with Crippen molar-refractivity contribution in [3.05, 3.63) is 53.6 Å². The summed E-state index contributed by atoms with van der Waals surface area (Å²) < 4.78 is 5.72. The quantitative estimate of drug-likeness (QED) is 0.257. The highest BCUT2D eigenvalue weighted by molar-refractivity contribution is 6.75. The molecule has 5 heteroatoms. The Morgan fingerprint density at radius 1 is 1.07 bits per heavy atom. The number of hydrogen-bond donors (Lipinski definition) is 0. The third-order valence-corrected chi connectivity index (χ3v) is 9.56. The van der Waals surface area contributed by atoms with Gasteiger partial charge in [-0.3, -0.25) is 4.79 Å². The van der Waals surface area contributed by atoms with Gasteiger partial charge >= 0.3 is 5.97 Å². The molecular formula is C23H35NO3Si. The molecule has 1 rings (SSSR count). The van der Waals surface area contributed by atoms with Crippen LogP contribution in [-0.4, -0.2) is 34.2 Å². The Kier molecular flexibility index (Phi) is 8.00. The van der Waals surface area contributed by atoms with Crippen LogP contribution in [0.25, 0.3) is 0 Å². The maximum atomic E-state index is 12.6. The first kappa shape index (κ1) is 23.9. The van der Waals surface area contributed by atoms with Crippen LogP contribution in [0.5, 0.6) is 0 Å². The molecule has 0 heterocycles. The molecule has 0 radical (unpaired) electrons. The largest absolute Gasteiger partial charge is 0.516 e. The number of ketones is 1. The van der Waals surface area contributed by atoms with Crippen molar-refractivity contribution >= 4 is 25.8 Å². The normalized spacial score (nSPS) is 14.1. The predicted molar refractivity (Wildman–Crippen MR) is 120 cm³/mol. The van der Waals surface area contributed by atoms with Crippen LogP contribution in [0.4, 0.5) is 5.69 Å². The second-order valence-corrected chi connectivity index (χ2v) is 13.7. The molecule has 0 amide bonds. The van der Waals surface area contributed by atoms with Crippen LogP contribution in [0.3, 0.4) is 0 Å². The lowest BCUT2D eigenvalue weighted by molar-refractivity contribution is -0.130. The molecule has 154 valence electrons. The fourth-order valence-electron chi connectivity index (χ4n) is 2.35. The zero-order valence-electron chi connectivity index (χ0n) is 18.8. The monoisotopic (exact) mass is 401 g/mol. The van der Waals surface area contributed by atoms with E-state index in [9.17, 15) is 9.59 Å². The van der Waals surface area contributed by atoms with E-state index in [0.717, 1.165) is 11.3 Å². The van der Waals surface area contributed by atoms with Crippen molar-refractivity contribution in [3.63, 3.8) is 0 Å². The van der Waals surface area contributed by atoms with Gasteiger partial charge in [0.25, 0.3) is 8.32 Å². The Bertz CT molecular complexity index is 753. The Labute approximate surface area is 171 Å². The van der Waals surface area contributed by atoms with Gasteiger partial charge in [-0.2, -0.15) is 0 Å². The molecule has 0 saturated heterocycles. The number of benzene rings is 1. The first-order valence-corrected chi connectivity index (χ1v) is 12.6. The third kappa shape index (κ3) is 6.79. The SMILES string of the molecule is CC(/C=C/C(=O)O[Si](C)(C)C(C)(C)C)=C\[C@@H](C)C(=O)c1ccc(N(C)C)cc1. The zero-order valence-corrected chi connectivity index (χ0v) is 19.8. The van der Waals surface area contributed by atoms with Gasteiger partial charge in [0, 0.05) is 37.3 Å². The first-order valence-electron chi connectivity index (χ1n) is 9.65. The van der Waals surface area contributed by atoms with E-state index in [4.69, 9.17) is 4.43 Å². The number of Topliss-reactive ketones (excluding diaryl/α,β-unsaturated/α-hetero) is 1. The van der Waals surface area contributed by atoms with Crippen molar-refractivity contribution in [2.45, 2.75) is 52.8 Å². The topological polar surface area (TPSA) is 46.6 Å². The summed E-state index contributed by atoms with van der Waals surface area (Å²) in [6.07, 6.45) is 5.04. The Hall–Kier alpha value is -2.14. The summed E-state index contributed by atoms with van der Waals surface area (Å²) >= 11 is 0. The van der Waals surface area contributed by atoms with Gasteiger partial charge in [-0.1, -0.05) is 45.4 Å². The summed E-state index contributed by atoms with van der Waals surface area (Å²) in [6.45, 7) is 14.1. The van der Waals surface area contributed by atoms with Crippen LogP contribution in [0.1, 0.15) is 45.0 Å². The molecule has 1 aromatic carbocycles. The molecule has 0 fully saturated rings. The molecule has 28 heavy (non-hydrogen) atoms. The molecule has 4 nitrogen and oxygen atoms in total. The van der Waals surface area contributed by atoms with Crippen molar-refractivity contribution in [1.29, 1.82) is 0 Å². The first-order chi connectivity index (χ1) is 12.7. The molecule has 1 aromatic rings. The number of carbonyl (C=O) groups is 2. The minimum absolute atomic E-state index is 0.0234. The van der Waals surface area contributed by atoms with Gasteiger partial charge in [-0.15, -0.1) is 0 Å². The maximum Gasteiger partial charge on any atom is 0.317 e. The second-order valence-electron chi connectivity index (χ2n) is 9.02. The number of carbonyl (C=O) groups excluding carboxylic acids is 2. The molecule has 0 unspecified atom stereocenters. The van der Waals surface area contributed by atoms with E-state index in [1.807, 2.05) is 76.3 Å². The lowest BCUT2D eigenvalue weighted by Gasteiger charge is -2.34. The predicted octanol–water partition coefficient (Wildman–Crippen LogP) is 5.62. The van der Waals surface area contributed by atoms with E-state index in [2.05, 4.69) is 20.8 Å². The van der Waals surface area contributed by atoms with Gasteiger partial charge in [-0.25, -0.2) is 4.79 Å². The molecule has 0 aliphatic carbocycles. The highest BCUT2D eigenvalue weighted by atomic mass is 28.4. The summed E-state index contributed by atoms with van der Waals surface area (Å²) in [6, 6.07) is 7.58. The minimum Gasteiger partial charge on any atom is -0.516 e. The number of allylic oxidation sites excluding steroid dienone is 3. The smallest absolute Gasteiger partial charge is 0.317 e. The fourth-order valence-corrected chi connectivity index (χ4v) is 3.23. The van der Waals surface area contributed by atoms with E-state index in [1.165, 1.54) is 6.08 Å². The van der Waals surface area contributed by atoms with Crippen molar-refractivity contribution in [2.75, 3.05) is 19.0 Å². The van der Waals surface area contributed by atoms with Gasteiger partial charge in [0.2, 0.25) is 0 Å². The molecule has 0 bridgehead atoms. The number of anilines is 1. The summed E-state index contributed by atoms with van der Waals surface area (Å²) in [5.74, 6) is -0.536. The molecule has 0 aliphatic rings. The van der Waals surface area contributed by atoms with Gasteiger partial charge in [-0.05, 0) is 49.3 Å². The van der Waals surface area contributed by atoms with Gasteiger partial charge < -0.3 is 9.33 Å².